The SMILES string of the molecule is C[C@H](O)C(=O)N1CCC(Oc2ccc(-c3c[nH]c4ncc(/C=C/CN5CCNCC5)cc34)cc2C#N)CC1. The molecule has 198 valence electrons. The number of aromatic nitrogens is 2. The molecule has 5 rings (SSSR count). The Hall–Kier alpha value is -3.71. The van der Waals surface area contributed by atoms with Crippen LogP contribution in [0.5, 0.6) is 5.75 Å². The lowest BCUT2D eigenvalue weighted by atomic mass is 10.0. The number of piperidine rings is 1. The van der Waals surface area contributed by atoms with Gasteiger partial charge in [0.15, 0.2) is 0 Å². The monoisotopic (exact) mass is 514 g/mol. The van der Waals surface area contributed by atoms with Crippen LogP contribution in [0, 0.1) is 11.3 Å². The summed E-state index contributed by atoms with van der Waals surface area (Å²) in [5, 5.41) is 23.8. The number of hydrogen-bond donors (Lipinski definition) is 3. The van der Waals surface area contributed by atoms with Gasteiger partial charge in [-0.1, -0.05) is 18.2 Å². The zero-order chi connectivity index (χ0) is 26.5. The van der Waals surface area contributed by atoms with E-state index < -0.39 is 6.10 Å². The molecule has 9 heteroatoms. The van der Waals surface area contributed by atoms with Crippen LogP contribution in [0.1, 0.15) is 30.9 Å². The molecule has 0 spiro atoms. The van der Waals surface area contributed by atoms with Gasteiger partial charge in [-0.25, -0.2) is 4.98 Å². The molecule has 0 radical (unpaired) electrons. The van der Waals surface area contributed by atoms with Crippen molar-refractivity contribution in [2.24, 2.45) is 0 Å². The third kappa shape index (κ3) is 5.89. The van der Waals surface area contributed by atoms with Crippen molar-refractivity contribution in [1.82, 2.24) is 25.1 Å². The molecular weight excluding hydrogens is 480 g/mol. The third-order valence-electron chi connectivity index (χ3n) is 7.25. The molecule has 1 atom stereocenters. The predicted molar refractivity (Wildman–Crippen MR) is 146 cm³/mol. The molecule has 2 aliphatic rings. The summed E-state index contributed by atoms with van der Waals surface area (Å²) in [5.41, 5.74) is 4.21. The highest BCUT2D eigenvalue weighted by molar-refractivity contribution is 5.95. The number of H-pyrrole nitrogens is 1. The van der Waals surface area contributed by atoms with Crippen LogP contribution in [0.2, 0.25) is 0 Å². The number of rotatable bonds is 7. The molecule has 0 saturated carbocycles. The fourth-order valence-electron chi connectivity index (χ4n) is 5.11. The van der Waals surface area contributed by atoms with Crippen LogP contribution in [-0.2, 0) is 4.79 Å². The van der Waals surface area contributed by atoms with E-state index in [1.807, 2.05) is 30.6 Å². The van der Waals surface area contributed by atoms with Crippen molar-refractivity contribution in [3.05, 3.63) is 53.9 Å². The molecule has 4 heterocycles. The zero-order valence-electron chi connectivity index (χ0n) is 21.7. The molecule has 1 amide bonds. The molecule has 0 unspecified atom stereocenters. The van der Waals surface area contributed by atoms with Crippen molar-refractivity contribution in [3.63, 3.8) is 0 Å². The Morgan fingerprint density at radius 2 is 2.05 bits per heavy atom. The minimum absolute atomic E-state index is 0.0844. The van der Waals surface area contributed by atoms with Crippen LogP contribution < -0.4 is 10.1 Å². The number of aliphatic hydroxyl groups excluding tert-OH is 1. The van der Waals surface area contributed by atoms with Gasteiger partial charge in [-0.3, -0.25) is 9.69 Å². The molecule has 2 aliphatic heterocycles. The van der Waals surface area contributed by atoms with E-state index in [9.17, 15) is 15.2 Å². The summed E-state index contributed by atoms with van der Waals surface area (Å²) in [6, 6.07) is 10.1. The average molecular weight is 515 g/mol. The molecule has 38 heavy (non-hydrogen) atoms. The van der Waals surface area contributed by atoms with Crippen molar-refractivity contribution in [2.45, 2.75) is 32.0 Å². The number of piperazine rings is 1. The minimum atomic E-state index is -0.991. The van der Waals surface area contributed by atoms with Gasteiger partial charge >= 0.3 is 0 Å². The second-order valence-electron chi connectivity index (χ2n) is 9.96. The van der Waals surface area contributed by atoms with Crippen molar-refractivity contribution in [2.75, 3.05) is 45.8 Å². The second kappa shape index (κ2) is 11.8. The fourth-order valence-corrected chi connectivity index (χ4v) is 5.11. The molecule has 3 aromatic rings. The van der Waals surface area contributed by atoms with Crippen LogP contribution in [0.3, 0.4) is 0 Å². The number of nitrogens with zero attached hydrogens (tertiary/aromatic N) is 4. The van der Waals surface area contributed by atoms with Gasteiger partial charge in [-0.05, 0) is 36.2 Å². The maximum atomic E-state index is 12.0. The van der Waals surface area contributed by atoms with Crippen molar-refractivity contribution in [1.29, 1.82) is 5.26 Å². The Balaban J connectivity index is 1.29. The summed E-state index contributed by atoms with van der Waals surface area (Å²) in [5.74, 6) is 0.294. The standard InChI is InChI=1S/C29H34N6O3/c1-20(36)29(37)35-11-6-24(7-12-35)38-27-5-4-22(16-23(27)17-30)26-19-33-28-25(26)15-21(18-32-28)3-2-10-34-13-8-31-9-14-34/h2-5,15-16,18-20,24,31,36H,6-14H2,1H3,(H,32,33)/b3-2+/t20-/m0/s1. The molecule has 0 aliphatic carbocycles. The number of carbonyl (C=O) groups is 1. The third-order valence-corrected chi connectivity index (χ3v) is 7.25. The number of fused-ring (bicyclic) bond motifs is 1. The number of nitriles is 1. The topological polar surface area (TPSA) is 118 Å². The second-order valence-corrected chi connectivity index (χ2v) is 9.96. The first kappa shape index (κ1) is 25.9. The molecule has 9 nitrogen and oxygen atoms in total. The van der Waals surface area contributed by atoms with E-state index in [4.69, 9.17) is 4.74 Å². The maximum Gasteiger partial charge on any atom is 0.251 e. The summed E-state index contributed by atoms with van der Waals surface area (Å²) in [7, 11) is 0. The molecule has 2 aromatic heterocycles. The lowest BCUT2D eigenvalue weighted by molar-refractivity contribution is -0.141. The van der Waals surface area contributed by atoms with E-state index >= 15 is 0 Å². The first-order chi connectivity index (χ1) is 18.5. The first-order valence-electron chi connectivity index (χ1n) is 13.3. The van der Waals surface area contributed by atoms with Crippen LogP contribution in [0.4, 0.5) is 0 Å². The number of ether oxygens (including phenoxy) is 1. The lowest BCUT2D eigenvalue weighted by Gasteiger charge is -2.33. The highest BCUT2D eigenvalue weighted by Crippen LogP contribution is 2.33. The summed E-state index contributed by atoms with van der Waals surface area (Å²) in [4.78, 5) is 24.0. The number of carbonyl (C=O) groups excluding carboxylic acids is 1. The lowest BCUT2D eigenvalue weighted by Crippen LogP contribution is -2.45. The van der Waals surface area contributed by atoms with Gasteiger partial charge in [0.2, 0.25) is 0 Å². The highest BCUT2D eigenvalue weighted by Gasteiger charge is 2.26. The molecule has 2 saturated heterocycles. The first-order valence-corrected chi connectivity index (χ1v) is 13.3. The van der Waals surface area contributed by atoms with E-state index in [0.717, 1.165) is 60.4 Å². The molecule has 2 fully saturated rings. The molecular formula is C29H34N6O3. The van der Waals surface area contributed by atoms with Crippen molar-refractivity contribution >= 4 is 23.0 Å². The van der Waals surface area contributed by atoms with E-state index in [1.165, 1.54) is 6.92 Å². The zero-order valence-corrected chi connectivity index (χ0v) is 21.7. The Bertz CT molecular complexity index is 1340. The number of benzene rings is 1. The van der Waals surface area contributed by atoms with Crippen LogP contribution >= 0.6 is 0 Å². The van der Waals surface area contributed by atoms with E-state index in [-0.39, 0.29) is 12.0 Å². The van der Waals surface area contributed by atoms with E-state index in [0.29, 0.717) is 37.2 Å². The summed E-state index contributed by atoms with van der Waals surface area (Å²) in [6.45, 7) is 7.66. The number of aromatic amines is 1. The van der Waals surface area contributed by atoms with Gasteiger partial charge in [0.05, 0.1) is 5.56 Å². The maximum absolute atomic E-state index is 12.0. The van der Waals surface area contributed by atoms with Gasteiger partial charge in [0.25, 0.3) is 5.91 Å². The minimum Gasteiger partial charge on any atom is -0.489 e. The molecule has 1 aromatic carbocycles. The quantitative estimate of drug-likeness (QED) is 0.444. The van der Waals surface area contributed by atoms with E-state index in [1.54, 1.807) is 4.90 Å². The van der Waals surface area contributed by atoms with Crippen molar-refractivity contribution in [3.8, 4) is 22.9 Å². The largest absolute Gasteiger partial charge is 0.489 e. The molecule has 0 bridgehead atoms. The number of amides is 1. The van der Waals surface area contributed by atoms with Gasteiger partial charge < -0.3 is 25.0 Å². The highest BCUT2D eigenvalue weighted by atomic mass is 16.5. The van der Waals surface area contributed by atoms with Crippen LogP contribution in [-0.4, -0.2) is 88.8 Å². The number of pyridine rings is 1. The Morgan fingerprint density at radius 1 is 1.26 bits per heavy atom. The van der Waals surface area contributed by atoms with Gasteiger partial charge in [-0.15, -0.1) is 0 Å². The Labute approximate surface area is 222 Å². The number of nitrogens with one attached hydrogen (secondary N) is 2. The predicted octanol–water partition coefficient (Wildman–Crippen LogP) is 2.77. The van der Waals surface area contributed by atoms with Crippen molar-refractivity contribution < 1.29 is 14.6 Å². The summed E-state index contributed by atoms with van der Waals surface area (Å²) < 4.78 is 6.18. The summed E-state index contributed by atoms with van der Waals surface area (Å²) in [6.07, 6.45) is 8.34. The van der Waals surface area contributed by atoms with E-state index in [2.05, 4.69) is 44.5 Å². The van der Waals surface area contributed by atoms with Gasteiger partial charge in [0.1, 0.15) is 29.7 Å². The number of aliphatic hydroxyl groups is 1. The fraction of sp³-hybridized carbons (Fsp3) is 0.414. The Kier molecular flexibility index (Phi) is 8.03. The number of hydrogen-bond acceptors (Lipinski definition) is 7. The van der Waals surface area contributed by atoms with Gasteiger partial charge in [-0.2, -0.15) is 5.26 Å². The molecule has 3 N–H and O–H groups in total. The number of likely N-dealkylation sites (tertiary alicyclic amines) is 1. The van der Waals surface area contributed by atoms with Gasteiger partial charge in [0, 0.05) is 82.0 Å². The normalized spacial score (nSPS) is 18.1. The van der Waals surface area contributed by atoms with Crippen LogP contribution in [0.15, 0.2) is 42.7 Å². The average Bonchev–Trinajstić information content (AvgIpc) is 3.37. The van der Waals surface area contributed by atoms with Crippen LogP contribution in [0.25, 0.3) is 28.2 Å². The smallest absolute Gasteiger partial charge is 0.251 e. The Morgan fingerprint density at radius 3 is 2.79 bits per heavy atom. The summed E-state index contributed by atoms with van der Waals surface area (Å²) >= 11 is 0.